The zero-order valence-corrected chi connectivity index (χ0v) is 22.6. The van der Waals surface area contributed by atoms with Gasteiger partial charge < -0.3 is 14.9 Å². The SMILES string of the molecule is C[C@H]1CN(c2ccccc2)CCN1C(=O)c1ccc2nc(-c3ccc(Cl)cc3)c(CCCCC(=O)O)nc2c1. The number of carbonyl (C=O) groups is 2. The number of carboxylic acid groups (broad SMARTS) is 1. The number of para-hydroxylation sites is 1. The minimum absolute atomic E-state index is 0.0105. The number of rotatable bonds is 8. The molecule has 39 heavy (non-hydrogen) atoms. The third-order valence-corrected chi connectivity index (χ3v) is 7.42. The van der Waals surface area contributed by atoms with E-state index in [-0.39, 0.29) is 18.4 Å². The maximum atomic E-state index is 13.6. The Bertz CT molecular complexity index is 1480. The van der Waals surface area contributed by atoms with Gasteiger partial charge in [0.25, 0.3) is 5.91 Å². The molecule has 0 bridgehead atoms. The number of nitrogens with zero attached hydrogens (tertiary/aromatic N) is 4. The van der Waals surface area contributed by atoms with Crippen molar-refractivity contribution in [3.8, 4) is 11.3 Å². The summed E-state index contributed by atoms with van der Waals surface area (Å²) >= 11 is 6.10. The number of aromatic nitrogens is 2. The van der Waals surface area contributed by atoms with E-state index in [0.717, 1.165) is 30.0 Å². The summed E-state index contributed by atoms with van der Waals surface area (Å²) in [4.78, 5) is 38.6. The van der Waals surface area contributed by atoms with Gasteiger partial charge in [0.05, 0.1) is 22.4 Å². The van der Waals surface area contributed by atoms with E-state index in [9.17, 15) is 9.59 Å². The lowest BCUT2D eigenvalue weighted by Crippen LogP contribution is -2.54. The van der Waals surface area contributed by atoms with Gasteiger partial charge in [-0.25, -0.2) is 9.97 Å². The van der Waals surface area contributed by atoms with Crippen molar-refractivity contribution in [1.82, 2.24) is 14.9 Å². The van der Waals surface area contributed by atoms with E-state index < -0.39 is 5.97 Å². The normalized spacial score (nSPS) is 15.5. The van der Waals surface area contributed by atoms with Gasteiger partial charge in [-0.05, 0) is 68.7 Å². The maximum Gasteiger partial charge on any atom is 0.303 e. The fourth-order valence-electron chi connectivity index (χ4n) is 5.10. The number of hydrogen-bond donors (Lipinski definition) is 1. The summed E-state index contributed by atoms with van der Waals surface area (Å²) in [5.41, 5.74) is 5.55. The molecular weight excluding hydrogens is 512 g/mol. The highest BCUT2D eigenvalue weighted by atomic mass is 35.5. The van der Waals surface area contributed by atoms with Gasteiger partial charge in [0.2, 0.25) is 0 Å². The first kappa shape index (κ1) is 26.6. The van der Waals surface area contributed by atoms with Crippen molar-refractivity contribution in [2.45, 2.75) is 38.6 Å². The second-order valence-electron chi connectivity index (χ2n) is 9.96. The van der Waals surface area contributed by atoms with E-state index in [2.05, 4.69) is 24.0 Å². The van der Waals surface area contributed by atoms with E-state index in [1.807, 2.05) is 65.6 Å². The molecule has 0 saturated carbocycles. The van der Waals surface area contributed by atoms with E-state index >= 15 is 0 Å². The predicted octanol–water partition coefficient (Wildman–Crippen LogP) is 6.10. The van der Waals surface area contributed by atoms with Crippen LogP contribution in [0, 0.1) is 0 Å². The average molecular weight is 543 g/mol. The summed E-state index contributed by atoms with van der Waals surface area (Å²) in [5.74, 6) is -0.816. The van der Waals surface area contributed by atoms with Gasteiger partial charge in [0, 0.05) is 53.9 Å². The molecule has 2 heterocycles. The Morgan fingerprint density at radius 1 is 0.949 bits per heavy atom. The monoisotopic (exact) mass is 542 g/mol. The standard InChI is InChI=1S/C31H31ClN4O3/c1-21-20-35(25-7-3-2-4-8-25)17-18-36(21)31(39)23-13-16-26-28(19-23)33-27(9-5-6-10-29(37)38)30(34-26)22-11-14-24(32)15-12-22/h2-4,7-8,11-16,19,21H,5-6,9-10,17-18,20H2,1H3,(H,37,38)/t21-/m0/s1. The fourth-order valence-corrected chi connectivity index (χ4v) is 5.23. The molecule has 0 unspecified atom stereocenters. The fraction of sp³-hybridized carbons (Fsp3) is 0.290. The van der Waals surface area contributed by atoms with Gasteiger partial charge in [-0.1, -0.05) is 41.9 Å². The van der Waals surface area contributed by atoms with Crippen LogP contribution in [0.3, 0.4) is 0 Å². The predicted molar refractivity (Wildman–Crippen MR) is 154 cm³/mol. The molecule has 1 N–H and O–H groups in total. The van der Waals surface area contributed by atoms with Crippen molar-refractivity contribution in [3.63, 3.8) is 0 Å². The number of aliphatic carboxylic acids is 1. The van der Waals surface area contributed by atoms with Gasteiger partial charge in [0.1, 0.15) is 0 Å². The van der Waals surface area contributed by atoms with Crippen molar-refractivity contribution in [2.24, 2.45) is 0 Å². The van der Waals surface area contributed by atoms with Crippen molar-refractivity contribution >= 4 is 40.2 Å². The number of fused-ring (bicyclic) bond motifs is 1. The number of aryl methyl sites for hydroxylation is 1. The quantitative estimate of drug-likeness (QED) is 0.271. The Kier molecular flexibility index (Phi) is 8.07. The van der Waals surface area contributed by atoms with Crippen LogP contribution in [0.5, 0.6) is 0 Å². The molecule has 7 nitrogen and oxygen atoms in total. The minimum Gasteiger partial charge on any atom is -0.481 e. The van der Waals surface area contributed by atoms with Crippen LogP contribution < -0.4 is 4.90 Å². The lowest BCUT2D eigenvalue weighted by atomic mass is 10.0. The molecule has 0 spiro atoms. The lowest BCUT2D eigenvalue weighted by molar-refractivity contribution is -0.137. The van der Waals surface area contributed by atoms with Gasteiger partial charge in [-0.2, -0.15) is 0 Å². The molecule has 1 aromatic heterocycles. The van der Waals surface area contributed by atoms with Crippen LogP contribution in [-0.2, 0) is 11.2 Å². The summed E-state index contributed by atoms with van der Waals surface area (Å²) in [6, 6.07) is 23.3. The van der Waals surface area contributed by atoms with E-state index in [0.29, 0.717) is 47.4 Å². The molecule has 200 valence electrons. The van der Waals surface area contributed by atoms with E-state index in [4.69, 9.17) is 26.7 Å². The lowest BCUT2D eigenvalue weighted by Gasteiger charge is -2.41. The van der Waals surface area contributed by atoms with Crippen LogP contribution in [0.15, 0.2) is 72.8 Å². The first-order valence-electron chi connectivity index (χ1n) is 13.3. The van der Waals surface area contributed by atoms with Crippen LogP contribution >= 0.6 is 11.6 Å². The molecule has 8 heteroatoms. The highest BCUT2D eigenvalue weighted by Gasteiger charge is 2.28. The molecule has 5 rings (SSSR count). The molecule has 1 fully saturated rings. The Morgan fingerprint density at radius 3 is 2.44 bits per heavy atom. The summed E-state index contributed by atoms with van der Waals surface area (Å²) in [5, 5.41) is 9.65. The Labute approximate surface area is 233 Å². The smallest absolute Gasteiger partial charge is 0.303 e. The van der Waals surface area contributed by atoms with Crippen molar-refractivity contribution < 1.29 is 14.7 Å². The minimum atomic E-state index is -0.806. The number of halogens is 1. The molecule has 1 atom stereocenters. The van der Waals surface area contributed by atoms with Crippen LogP contribution in [-0.4, -0.2) is 57.5 Å². The highest BCUT2D eigenvalue weighted by molar-refractivity contribution is 6.30. The second-order valence-corrected chi connectivity index (χ2v) is 10.4. The van der Waals surface area contributed by atoms with Gasteiger partial charge in [-0.15, -0.1) is 0 Å². The maximum absolute atomic E-state index is 13.6. The first-order valence-corrected chi connectivity index (χ1v) is 13.7. The number of unbranched alkanes of at least 4 members (excludes halogenated alkanes) is 1. The molecule has 1 aliphatic rings. The number of carbonyl (C=O) groups excluding carboxylic acids is 1. The van der Waals surface area contributed by atoms with Crippen LogP contribution in [0.25, 0.3) is 22.3 Å². The molecule has 4 aromatic rings. The number of anilines is 1. The Morgan fingerprint density at radius 2 is 1.72 bits per heavy atom. The van der Waals surface area contributed by atoms with Gasteiger partial charge in [0.15, 0.2) is 0 Å². The molecular formula is C31H31ClN4O3. The van der Waals surface area contributed by atoms with Crippen LogP contribution in [0.1, 0.15) is 42.2 Å². The Balaban J connectivity index is 1.40. The van der Waals surface area contributed by atoms with Crippen molar-refractivity contribution in [1.29, 1.82) is 0 Å². The number of benzene rings is 3. The van der Waals surface area contributed by atoms with E-state index in [1.165, 1.54) is 5.69 Å². The molecule has 1 aliphatic heterocycles. The molecule has 1 saturated heterocycles. The summed E-state index contributed by atoms with van der Waals surface area (Å²) in [6.07, 6.45) is 1.94. The summed E-state index contributed by atoms with van der Waals surface area (Å²) in [7, 11) is 0. The van der Waals surface area contributed by atoms with Crippen molar-refractivity contribution in [3.05, 3.63) is 89.1 Å². The number of amides is 1. The number of carboxylic acids is 1. The zero-order chi connectivity index (χ0) is 27.4. The molecule has 0 aliphatic carbocycles. The summed E-state index contributed by atoms with van der Waals surface area (Å²) in [6.45, 7) is 4.27. The third-order valence-electron chi connectivity index (χ3n) is 7.16. The summed E-state index contributed by atoms with van der Waals surface area (Å²) < 4.78 is 0. The average Bonchev–Trinajstić information content (AvgIpc) is 2.95. The van der Waals surface area contributed by atoms with Gasteiger partial charge >= 0.3 is 5.97 Å². The largest absolute Gasteiger partial charge is 0.481 e. The zero-order valence-electron chi connectivity index (χ0n) is 21.9. The second kappa shape index (κ2) is 11.8. The topological polar surface area (TPSA) is 86.6 Å². The van der Waals surface area contributed by atoms with E-state index in [1.54, 1.807) is 0 Å². The van der Waals surface area contributed by atoms with Crippen LogP contribution in [0.4, 0.5) is 5.69 Å². The first-order chi connectivity index (χ1) is 18.9. The molecule has 1 amide bonds. The van der Waals surface area contributed by atoms with Gasteiger partial charge in [-0.3, -0.25) is 9.59 Å². The highest BCUT2D eigenvalue weighted by Crippen LogP contribution is 2.27. The molecule has 3 aromatic carbocycles. The number of hydrogen-bond acceptors (Lipinski definition) is 5. The van der Waals surface area contributed by atoms with Crippen LogP contribution in [0.2, 0.25) is 5.02 Å². The van der Waals surface area contributed by atoms with Crippen molar-refractivity contribution in [2.75, 3.05) is 24.5 Å². The molecule has 0 radical (unpaired) electrons. The Hall–Kier alpha value is -3.97. The third kappa shape index (κ3) is 6.20. The number of piperazine rings is 1.